The highest BCUT2D eigenvalue weighted by atomic mass is 16.5. The molecule has 1 fully saturated rings. The highest BCUT2D eigenvalue weighted by Gasteiger charge is 2.53. The monoisotopic (exact) mass is 330 g/mol. The number of carboxylic acid groups (broad SMARTS) is 1. The van der Waals surface area contributed by atoms with Gasteiger partial charge in [-0.25, -0.2) is 0 Å². The van der Waals surface area contributed by atoms with E-state index in [9.17, 15) is 9.90 Å². The van der Waals surface area contributed by atoms with E-state index in [1.54, 1.807) is 14.2 Å². The van der Waals surface area contributed by atoms with Crippen LogP contribution in [0.1, 0.15) is 36.6 Å². The number of carboxylic acids is 1. The fourth-order valence-corrected chi connectivity index (χ4v) is 4.21. The van der Waals surface area contributed by atoms with Crippen LogP contribution in [0.3, 0.4) is 0 Å². The quantitative estimate of drug-likeness (QED) is 0.802. The molecule has 24 heavy (non-hydrogen) atoms. The highest BCUT2D eigenvalue weighted by molar-refractivity contribution is 5.89. The molecule has 0 saturated heterocycles. The van der Waals surface area contributed by atoms with Crippen molar-refractivity contribution in [1.82, 2.24) is 10.3 Å². The molecule has 0 radical (unpaired) electrons. The van der Waals surface area contributed by atoms with Gasteiger partial charge in [-0.05, 0) is 37.4 Å². The minimum absolute atomic E-state index is 0.170. The van der Waals surface area contributed by atoms with Gasteiger partial charge in [-0.1, -0.05) is 6.42 Å². The van der Waals surface area contributed by atoms with Gasteiger partial charge in [0.1, 0.15) is 0 Å². The highest BCUT2D eigenvalue weighted by Crippen LogP contribution is 2.52. The molecule has 2 aromatic rings. The number of aliphatic carboxylic acids is 1. The first kappa shape index (κ1) is 15.3. The Labute approximate surface area is 140 Å². The van der Waals surface area contributed by atoms with Gasteiger partial charge < -0.3 is 24.9 Å². The molecule has 1 aromatic heterocycles. The van der Waals surface area contributed by atoms with Crippen molar-refractivity contribution >= 4 is 16.9 Å². The predicted octanol–water partition coefficient (Wildman–Crippen LogP) is 2.63. The third kappa shape index (κ3) is 1.95. The van der Waals surface area contributed by atoms with E-state index in [0.717, 1.165) is 48.8 Å². The minimum atomic E-state index is -0.701. The number of methoxy groups -OCH3 is 2. The number of aromatic nitrogens is 1. The molecule has 1 aliphatic heterocycles. The number of carbonyl (C=O) groups is 1. The third-order valence-corrected chi connectivity index (χ3v) is 5.68. The van der Waals surface area contributed by atoms with E-state index >= 15 is 0 Å². The zero-order valence-corrected chi connectivity index (χ0v) is 13.9. The summed E-state index contributed by atoms with van der Waals surface area (Å²) >= 11 is 0. The van der Waals surface area contributed by atoms with Crippen LogP contribution in [-0.2, 0) is 11.2 Å². The Morgan fingerprint density at radius 1 is 1.25 bits per heavy atom. The Balaban J connectivity index is 1.88. The van der Waals surface area contributed by atoms with Crippen molar-refractivity contribution in [2.45, 2.75) is 31.7 Å². The van der Waals surface area contributed by atoms with E-state index in [0.29, 0.717) is 11.5 Å². The average Bonchev–Trinajstić information content (AvgIpc) is 2.90. The molecule has 1 saturated carbocycles. The number of hydrogen-bond acceptors (Lipinski definition) is 4. The number of H-pyrrole nitrogens is 1. The molecule has 3 N–H and O–H groups in total. The second kappa shape index (κ2) is 5.41. The zero-order valence-electron chi connectivity index (χ0n) is 13.9. The van der Waals surface area contributed by atoms with Crippen LogP contribution in [0.5, 0.6) is 11.5 Å². The Bertz CT molecular complexity index is 807. The molecule has 1 unspecified atom stereocenters. The number of nitrogens with one attached hydrogen (secondary N) is 2. The summed E-state index contributed by atoms with van der Waals surface area (Å²) in [6, 6.07) is 3.74. The normalized spacial score (nSPS) is 21.8. The Morgan fingerprint density at radius 2 is 1.96 bits per heavy atom. The van der Waals surface area contributed by atoms with E-state index in [1.165, 1.54) is 5.56 Å². The Hall–Kier alpha value is -2.21. The number of ether oxygens (including phenoxy) is 2. The van der Waals surface area contributed by atoms with Crippen LogP contribution < -0.4 is 14.8 Å². The van der Waals surface area contributed by atoms with Crippen LogP contribution in [0, 0.1) is 5.41 Å². The van der Waals surface area contributed by atoms with Crippen molar-refractivity contribution in [3.05, 3.63) is 23.4 Å². The maximum Gasteiger partial charge on any atom is 0.311 e. The van der Waals surface area contributed by atoms with Crippen LogP contribution >= 0.6 is 0 Å². The molecule has 0 amide bonds. The van der Waals surface area contributed by atoms with Gasteiger partial charge >= 0.3 is 5.97 Å². The van der Waals surface area contributed by atoms with Crippen molar-refractivity contribution < 1.29 is 19.4 Å². The van der Waals surface area contributed by atoms with E-state index in [1.807, 2.05) is 12.1 Å². The molecule has 2 heterocycles. The minimum Gasteiger partial charge on any atom is -0.493 e. The summed E-state index contributed by atoms with van der Waals surface area (Å²) in [5.74, 6) is 0.663. The summed E-state index contributed by atoms with van der Waals surface area (Å²) in [7, 11) is 3.24. The van der Waals surface area contributed by atoms with Crippen molar-refractivity contribution in [1.29, 1.82) is 0 Å². The molecule has 6 heteroatoms. The number of benzene rings is 1. The van der Waals surface area contributed by atoms with E-state index in [-0.39, 0.29) is 6.04 Å². The number of rotatable bonds is 4. The van der Waals surface area contributed by atoms with Gasteiger partial charge in [0.2, 0.25) is 0 Å². The van der Waals surface area contributed by atoms with Gasteiger partial charge in [0.25, 0.3) is 0 Å². The summed E-state index contributed by atoms with van der Waals surface area (Å²) in [4.78, 5) is 15.4. The van der Waals surface area contributed by atoms with Gasteiger partial charge in [-0.2, -0.15) is 0 Å². The van der Waals surface area contributed by atoms with Gasteiger partial charge in [0.15, 0.2) is 11.5 Å². The lowest BCUT2D eigenvalue weighted by atomic mass is 9.62. The van der Waals surface area contributed by atoms with Gasteiger partial charge in [0.05, 0.1) is 25.7 Å². The summed E-state index contributed by atoms with van der Waals surface area (Å²) < 4.78 is 10.8. The number of hydrogen-bond donors (Lipinski definition) is 3. The SMILES string of the molecule is COc1cc2[nH]c3c(c2cc1OC)CCNC3C1(C(=O)O)CCC1. The fraction of sp³-hybridized carbons (Fsp3) is 0.500. The molecule has 128 valence electrons. The lowest BCUT2D eigenvalue weighted by molar-refractivity contribution is -0.158. The van der Waals surface area contributed by atoms with Crippen molar-refractivity contribution in [3.63, 3.8) is 0 Å². The topological polar surface area (TPSA) is 83.6 Å². The summed E-state index contributed by atoms with van der Waals surface area (Å²) in [5.41, 5.74) is 2.48. The number of aromatic amines is 1. The largest absolute Gasteiger partial charge is 0.493 e. The van der Waals surface area contributed by atoms with Gasteiger partial charge in [-0.15, -0.1) is 0 Å². The van der Waals surface area contributed by atoms with Crippen LogP contribution in [0.4, 0.5) is 0 Å². The molecular formula is C18H22N2O4. The van der Waals surface area contributed by atoms with Crippen molar-refractivity contribution in [2.75, 3.05) is 20.8 Å². The van der Waals surface area contributed by atoms with Crippen LogP contribution in [0.15, 0.2) is 12.1 Å². The van der Waals surface area contributed by atoms with Crippen LogP contribution in [0.25, 0.3) is 10.9 Å². The Morgan fingerprint density at radius 3 is 2.54 bits per heavy atom. The first-order chi connectivity index (χ1) is 11.6. The van der Waals surface area contributed by atoms with E-state index < -0.39 is 11.4 Å². The third-order valence-electron chi connectivity index (χ3n) is 5.68. The molecular weight excluding hydrogens is 308 g/mol. The summed E-state index contributed by atoms with van der Waals surface area (Å²) in [6.07, 6.45) is 3.29. The van der Waals surface area contributed by atoms with E-state index in [2.05, 4.69) is 10.3 Å². The second-order valence-electron chi connectivity index (χ2n) is 6.72. The molecule has 1 aliphatic carbocycles. The number of fused-ring (bicyclic) bond motifs is 3. The molecule has 0 spiro atoms. The lowest BCUT2D eigenvalue weighted by Gasteiger charge is -2.45. The smallest absolute Gasteiger partial charge is 0.311 e. The fourth-order valence-electron chi connectivity index (χ4n) is 4.21. The van der Waals surface area contributed by atoms with Gasteiger partial charge in [-0.3, -0.25) is 4.79 Å². The average molecular weight is 330 g/mol. The van der Waals surface area contributed by atoms with Crippen molar-refractivity contribution in [2.24, 2.45) is 5.41 Å². The molecule has 4 rings (SSSR count). The Kier molecular flexibility index (Phi) is 3.46. The molecule has 1 aromatic carbocycles. The summed E-state index contributed by atoms with van der Waals surface area (Å²) in [6.45, 7) is 0.786. The van der Waals surface area contributed by atoms with Crippen LogP contribution in [-0.4, -0.2) is 36.8 Å². The maximum absolute atomic E-state index is 11.9. The van der Waals surface area contributed by atoms with Gasteiger partial charge in [0, 0.05) is 22.7 Å². The predicted molar refractivity (Wildman–Crippen MR) is 89.8 cm³/mol. The van der Waals surface area contributed by atoms with E-state index in [4.69, 9.17) is 9.47 Å². The molecule has 6 nitrogen and oxygen atoms in total. The maximum atomic E-state index is 11.9. The first-order valence-electron chi connectivity index (χ1n) is 8.34. The molecule has 1 atom stereocenters. The zero-order chi connectivity index (χ0) is 16.9. The summed E-state index contributed by atoms with van der Waals surface area (Å²) in [5, 5.41) is 14.3. The lowest BCUT2D eigenvalue weighted by Crippen LogP contribution is -2.50. The molecule has 2 aliphatic rings. The van der Waals surface area contributed by atoms with Crippen molar-refractivity contribution in [3.8, 4) is 11.5 Å². The molecule has 0 bridgehead atoms. The van der Waals surface area contributed by atoms with Crippen LogP contribution in [0.2, 0.25) is 0 Å². The second-order valence-corrected chi connectivity index (χ2v) is 6.72. The standard InChI is InChI=1S/C18H22N2O4/c1-23-13-8-11-10-4-7-19-16(18(17(21)22)5-3-6-18)15(10)20-12(11)9-14(13)24-2/h8-9,16,19-20H,3-7H2,1-2H3,(H,21,22). The first-order valence-corrected chi connectivity index (χ1v) is 8.34.